The highest BCUT2D eigenvalue weighted by Crippen LogP contribution is 2.24. The molecule has 1 saturated heterocycles. The fourth-order valence-corrected chi connectivity index (χ4v) is 4.33. The fraction of sp³-hybridized carbons (Fsp3) is 0.250. The summed E-state index contributed by atoms with van der Waals surface area (Å²) in [5.74, 6) is 1.45. The number of piperazine rings is 1. The monoisotopic (exact) mass is 456 g/mol. The smallest absolute Gasteiger partial charge is 0.200 e. The van der Waals surface area contributed by atoms with Crippen LogP contribution in [0.1, 0.15) is 0 Å². The van der Waals surface area contributed by atoms with Crippen LogP contribution in [0.3, 0.4) is 0 Å². The van der Waals surface area contributed by atoms with Gasteiger partial charge in [0.05, 0.1) is 18.1 Å². The van der Waals surface area contributed by atoms with Crippen LogP contribution in [0.2, 0.25) is 0 Å². The van der Waals surface area contributed by atoms with E-state index in [1.54, 1.807) is 19.2 Å². The van der Waals surface area contributed by atoms with E-state index in [1.807, 2.05) is 30.3 Å². The summed E-state index contributed by atoms with van der Waals surface area (Å²) in [7, 11) is 1.62. The number of nitrogens with zero attached hydrogens (tertiary/aromatic N) is 2. The molecule has 0 amide bonds. The van der Waals surface area contributed by atoms with Gasteiger partial charge < -0.3 is 18.8 Å². The predicted octanol–water partition coefficient (Wildman–Crippen LogP) is 4.67. The van der Waals surface area contributed by atoms with Gasteiger partial charge in [0, 0.05) is 44.5 Å². The van der Waals surface area contributed by atoms with Crippen molar-refractivity contribution in [2.75, 3.05) is 51.3 Å². The van der Waals surface area contributed by atoms with Gasteiger partial charge in [-0.25, -0.2) is 0 Å². The normalized spacial score (nSPS) is 14.3. The van der Waals surface area contributed by atoms with E-state index in [0.29, 0.717) is 28.9 Å². The fourth-order valence-electron chi connectivity index (χ4n) is 4.33. The zero-order chi connectivity index (χ0) is 23.3. The zero-order valence-electron chi connectivity index (χ0n) is 19.3. The number of hydrogen-bond acceptors (Lipinski definition) is 6. The third kappa shape index (κ3) is 4.77. The van der Waals surface area contributed by atoms with E-state index >= 15 is 0 Å². The summed E-state index contributed by atoms with van der Waals surface area (Å²) in [5, 5.41) is 0.540. The van der Waals surface area contributed by atoms with Crippen molar-refractivity contribution in [3.05, 3.63) is 89.3 Å². The number of para-hydroxylation sites is 1. The lowest BCUT2D eigenvalue weighted by Crippen LogP contribution is -2.47. The second-order valence-corrected chi connectivity index (χ2v) is 8.38. The molecule has 0 unspecified atom stereocenters. The molecule has 0 saturated carbocycles. The van der Waals surface area contributed by atoms with Crippen molar-refractivity contribution in [2.24, 2.45) is 0 Å². The van der Waals surface area contributed by atoms with Crippen molar-refractivity contribution in [1.29, 1.82) is 0 Å². The maximum absolute atomic E-state index is 13.0. The number of benzene rings is 3. The first-order valence-corrected chi connectivity index (χ1v) is 11.6. The third-order valence-corrected chi connectivity index (χ3v) is 6.32. The molecule has 2 heterocycles. The molecule has 3 aromatic carbocycles. The molecular weight excluding hydrogens is 428 g/mol. The van der Waals surface area contributed by atoms with Crippen LogP contribution in [0.4, 0.5) is 5.69 Å². The van der Waals surface area contributed by atoms with Crippen LogP contribution >= 0.6 is 0 Å². The molecular formula is C28H28N2O4. The van der Waals surface area contributed by atoms with E-state index in [0.717, 1.165) is 44.0 Å². The minimum Gasteiger partial charge on any atom is -0.497 e. The SMILES string of the molecule is COc1ccc(-c2coc3cc(OCCN4CCN(c5ccccc5)CC4)ccc3c2=O)cc1. The van der Waals surface area contributed by atoms with Crippen LogP contribution in [0, 0.1) is 0 Å². The van der Waals surface area contributed by atoms with Gasteiger partial charge in [-0.05, 0) is 42.0 Å². The highest BCUT2D eigenvalue weighted by Gasteiger charge is 2.17. The minimum atomic E-state index is -0.0609. The average Bonchev–Trinajstić information content (AvgIpc) is 2.90. The first-order valence-electron chi connectivity index (χ1n) is 11.6. The molecule has 0 radical (unpaired) electrons. The van der Waals surface area contributed by atoms with Crippen LogP contribution in [0.5, 0.6) is 11.5 Å². The molecule has 6 heteroatoms. The molecule has 5 rings (SSSR count). The second kappa shape index (κ2) is 10.0. The number of hydrogen-bond donors (Lipinski definition) is 0. The molecule has 6 nitrogen and oxygen atoms in total. The van der Waals surface area contributed by atoms with E-state index in [-0.39, 0.29) is 5.43 Å². The second-order valence-electron chi connectivity index (χ2n) is 8.38. The molecule has 0 atom stereocenters. The first-order chi connectivity index (χ1) is 16.7. The van der Waals surface area contributed by atoms with Gasteiger partial charge in [-0.2, -0.15) is 0 Å². The molecule has 0 aliphatic carbocycles. The first kappa shape index (κ1) is 22.0. The van der Waals surface area contributed by atoms with E-state index in [4.69, 9.17) is 13.9 Å². The Morgan fingerprint density at radius 1 is 0.882 bits per heavy atom. The Balaban J connectivity index is 1.18. The maximum Gasteiger partial charge on any atom is 0.200 e. The van der Waals surface area contributed by atoms with Crippen LogP contribution in [-0.4, -0.2) is 51.3 Å². The highest BCUT2D eigenvalue weighted by atomic mass is 16.5. The highest BCUT2D eigenvalue weighted by molar-refractivity contribution is 5.82. The van der Waals surface area contributed by atoms with Gasteiger partial charge in [0.25, 0.3) is 0 Å². The molecule has 0 spiro atoms. The van der Waals surface area contributed by atoms with Crippen LogP contribution in [-0.2, 0) is 0 Å². The van der Waals surface area contributed by atoms with Crippen molar-refractivity contribution in [2.45, 2.75) is 0 Å². The van der Waals surface area contributed by atoms with Crippen LogP contribution in [0.15, 0.2) is 88.3 Å². The van der Waals surface area contributed by atoms with Crippen LogP contribution < -0.4 is 19.8 Å². The van der Waals surface area contributed by atoms with Gasteiger partial charge in [-0.1, -0.05) is 30.3 Å². The van der Waals surface area contributed by atoms with Gasteiger partial charge in [-0.3, -0.25) is 9.69 Å². The molecule has 34 heavy (non-hydrogen) atoms. The number of rotatable bonds is 7. The molecule has 1 fully saturated rings. The summed E-state index contributed by atoms with van der Waals surface area (Å²) in [6, 6.07) is 23.3. The lowest BCUT2D eigenvalue weighted by Gasteiger charge is -2.36. The number of ether oxygens (including phenoxy) is 2. The van der Waals surface area contributed by atoms with E-state index < -0.39 is 0 Å². The van der Waals surface area contributed by atoms with Gasteiger partial charge in [0.1, 0.15) is 30.0 Å². The van der Waals surface area contributed by atoms with E-state index in [1.165, 1.54) is 12.0 Å². The summed E-state index contributed by atoms with van der Waals surface area (Å²) in [6.45, 7) is 5.51. The molecule has 1 aliphatic heterocycles. The van der Waals surface area contributed by atoms with Crippen molar-refractivity contribution in [1.82, 2.24) is 4.90 Å². The Morgan fingerprint density at radius 3 is 2.35 bits per heavy atom. The predicted molar refractivity (Wildman–Crippen MR) is 135 cm³/mol. The van der Waals surface area contributed by atoms with Crippen molar-refractivity contribution in [3.8, 4) is 22.6 Å². The molecule has 1 aromatic heterocycles. The number of fused-ring (bicyclic) bond motifs is 1. The lowest BCUT2D eigenvalue weighted by molar-refractivity contribution is 0.200. The van der Waals surface area contributed by atoms with Gasteiger partial charge in [-0.15, -0.1) is 0 Å². The number of anilines is 1. The van der Waals surface area contributed by atoms with E-state index in [9.17, 15) is 4.79 Å². The molecule has 174 valence electrons. The standard InChI is InChI=1S/C28H28N2O4/c1-32-23-9-7-21(8-10-23)26-20-34-27-19-24(11-12-25(27)28(26)31)33-18-17-29-13-15-30(16-14-29)22-5-3-2-4-6-22/h2-12,19-20H,13-18H2,1H3. The Labute approximate surface area is 198 Å². The summed E-state index contributed by atoms with van der Waals surface area (Å²) >= 11 is 0. The lowest BCUT2D eigenvalue weighted by atomic mass is 10.1. The molecule has 4 aromatic rings. The Kier molecular flexibility index (Phi) is 6.49. The van der Waals surface area contributed by atoms with Gasteiger partial charge >= 0.3 is 0 Å². The average molecular weight is 457 g/mol. The number of methoxy groups -OCH3 is 1. The van der Waals surface area contributed by atoms with Crippen molar-refractivity contribution >= 4 is 16.7 Å². The van der Waals surface area contributed by atoms with Gasteiger partial charge in [0.15, 0.2) is 5.43 Å². The molecule has 1 aliphatic rings. The summed E-state index contributed by atoms with van der Waals surface area (Å²) in [5.41, 5.74) is 3.07. The van der Waals surface area contributed by atoms with Crippen LogP contribution in [0.25, 0.3) is 22.1 Å². The summed E-state index contributed by atoms with van der Waals surface area (Å²) in [4.78, 5) is 17.8. The Bertz CT molecular complexity index is 1290. The summed E-state index contributed by atoms with van der Waals surface area (Å²) in [6.07, 6.45) is 1.52. The van der Waals surface area contributed by atoms with Crippen molar-refractivity contribution in [3.63, 3.8) is 0 Å². The largest absolute Gasteiger partial charge is 0.497 e. The molecule has 0 N–H and O–H groups in total. The Hall–Kier alpha value is -3.77. The van der Waals surface area contributed by atoms with E-state index in [2.05, 4.69) is 40.1 Å². The molecule has 0 bridgehead atoms. The Morgan fingerprint density at radius 2 is 1.62 bits per heavy atom. The van der Waals surface area contributed by atoms with Gasteiger partial charge in [0.2, 0.25) is 0 Å². The third-order valence-electron chi connectivity index (χ3n) is 6.32. The maximum atomic E-state index is 13.0. The van der Waals surface area contributed by atoms with Crippen molar-refractivity contribution < 1.29 is 13.9 Å². The zero-order valence-corrected chi connectivity index (χ0v) is 19.3. The summed E-state index contributed by atoms with van der Waals surface area (Å²) < 4.78 is 17.0. The topological polar surface area (TPSA) is 55.2 Å². The minimum absolute atomic E-state index is 0.0609. The quantitative estimate of drug-likeness (QED) is 0.403.